The van der Waals surface area contributed by atoms with Gasteiger partial charge in [0, 0.05) is 6.07 Å². The highest BCUT2D eigenvalue weighted by atomic mass is 16.2. The number of nitrogens with zero attached hydrogens (tertiary/aromatic N) is 2. The Morgan fingerprint density at radius 2 is 1.67 bits per heavy atom. The number of benzene rings is 2. The van der Waals surface area contributed by atoms with E-state index in [0.29, 0.717) is 6.54 Å². The van der Waals surface area contributed by atoms with E-state index in [9.17, 15) is 9.59 Å². The van der Waals surface area contributed by atoms with E-state index in [2.05, 4.69) is 17.3 Å². The van der Waals surface area contributed by atoms with E-state index < -0.39 is 0 Å². The first kappa shape index (κ1) is 18.6. The summed E-state index contributed by atoms with van der Waals surface area (Å²) in [5, 5.41) is 7.31. The first-order valence-electron chi connectivity index (χ1n) is 9.15. The Hall–Kier alpha value is -3.21. The third-order valence-corrected chi connectivity index (χ3v) is 4.36. The zero-order valence-corrected chi connectivity index (χ0v) is 15.3. The SMILES string of the molecule is CCCC(NC(=O)c1ccc(=O)n(Cc2ccccc2)n1)c1ccccc1. The molecular formula is C22H23N3O2. The fraction of sp³-hybridized carbons (Fsp3) is 0.227. The molecule has 27 heavy (non-hydrogen) atoms. The van der Waals surface area contributed by atoms with Crippen molar-refractivity contribution in [3.8, 4) is 0 Å². The highest BCUT2D eigenvalue weighted by molar-refractivity contribution is 5.92. The topological polar surface area (TPSA) is 64.0 Å². The molecule has 1 unspecified atom stereocenters. The quantitative estimate of drug-likeness (QED) is 0.700. The van der Waals surface area contributed by atoms with Gasteiger partial charge in [-0.15, -0.1) is 0 Å². The molecule has 3 rings (SSSR count). The molecule has 1 aromatic heterocycles. The molecule has 1 N–H and O–H groups in total. The lowest BCUT2D eigenvalue weighted by Crippen LogP contribution is -2.32. The number of hydrogen-bond donors (Lipinski definition) is 1. The van der Waals surface area contributed by atoms with Crippen molar-refractivity contribution in [3.05, 3.63) is 100.0 Å². The number of aromatic nitrogens is 2. The van der Waals surface area contributed by atoms with Gasteiger partial charge >= 0.3 is 0 Å². The van der Waals surface area contributed by atoms with Gasteiger partial charge in [0.05, 0.1) is 12.6 Å². The Morgan fingerprint density at radius 3 is 2.33 bits per heavy atom. The average Bonchev–Trinajstić information content (AvgIpc) is 2.70. The molecule has 1 heterocycles. The van der Waals surface area contributed by atoms with Crippen LogP contribution in [0.3, 0.4) is 0 Å². The molecule has 0 fully saturated rings. The van der Waals surface area contributed by atoms with Gasteiger partial charge in [-0.05, 0) is 23.6 Å². The van der Waals surface area contributed by atoms with Crippen molar-refractivity contribution < 1.29 is 4.79 Å². The van der Waals surface area contributed by atoms with E-state index in [1.165, 1.54) is 16.8 Å². The number of carbonyl (C=O) groups excluding carboxylic acids is 1. The summed E-state index contributed by atoms with van der Waals surface area (Å²) in [5.41, 5.74) is 2.02. The minimum atomic E-state index is -0.279. The van der Waals surface area contributed by atoms with E-state index in [4.69, 9.17) is 0 Å². The second kappa shape index (κ2) is 8.94. The maximum atomic E-state index is 12.7. The van der Waals surface area contributed by atoms with Gasteiger partial charge in [0.1, 0.15) is 5.69 Å². The third-order valence-electron chi connectivity index (χ3n) is 4.36. The molecule has 1 atom stereocenters. The normalized spacial score (nSPS) is 11.7. The molecule has 138 valence electrons. The summed E-state index contributed by atoms with van der Waals surface area (Å²) in [6.07, 6.45) is 1.78. The predicted molar refractivity (Wildman–Crippen MR) is 106 cm³/mol. The highest BCUT2D eigenvalue weighted by Gasteiger charge is 2.16. The second-order valence-electron chi connectivity index (χ2n) is 6.43. The fourth-order valence-electron chi connectivity index (χ4n) is 2.97. The summed E-state index contributed by atoms with van der Waals surface area (Å²) < 4.78 is 1.32. The Morgan fingerprint density at radius 1 is 1.00 bits per heavy atom. The van der Waals surface area contributed by atoms with E-state index in [1.54, 1.807) is 0 Å². The van der Waals surface area contributed by atoms with Crippen LogP contribution in [0.25, 0.3) is 0 Å². The first-order chi connectivity index (χ1) is 13.2. The molecule has 0 saturated carbocycles. The molecule has 3 aromatic rings. The van der Waals surface area contributed by atoms with Gasteiger partial charge in [-0.1, -0.05) is 74.0 Å². The largest absolute Gasteiger partial charge is 0.344 e. The molecule has 0 spiro atoms. The maximum Gasteiger partial charge on any atom is 0.272 e. The van der Waals surface area contributed by atoms with E-state index in [-0.39, 0.29) is 23.2 Å². The first-order valence-corrected chi connectivity index (χ1v) is 9.15. The Kier molecular flexibility index (Phi) is 6.15. The van der Waals surface area contributed by atoms with Gasteiger partial charge in [-0.25, -0.2) is 4.68 Å². The van der Waals surface area contributed by atoms with Gasteiger partial charge in [0.15, 0.2) is 0 Å². The molecule has 5 nitrogen and oxygen atoms in total. The number of nitrogens with one attached hydrogen (secondary N) is 1. The number of amides is 1. The van der Waals surface area contributed by atoms with Gasteiger partial charge in [-0.2, -0.15) is 5.10 Å². The van der Waals surface area contributed by atoms with Crippen molar-refractivity contribution in [2.75, 3.05) is 0 Å². The van der Waals surface area contributed by atoms with Crippen molar-refractivity contribution in [2.45, 2.75) is 32.4 Å². The third kappa shape index (κ3) is 4.91. The summed E-state index contributed by atoms with van der Waals surface area (Å²) in [4.78, 5) is 24.8. The molecule has 1 amide bonds. The molecule has 0 aliphatic heterocycles. The minimum absolute atomic E-state index is 0.0833. The zero-order chi connectivity index (χ0) is 19.1. The van der Waals surface area contributed by atoms with Crippen LogP contribution < -0.4 is 10.9 Å². The van der Waals surface area contributed by atoms with E-state index in [1.807, 2.05) is 60.7 Å². The fourth-order valence-corrected chi connectivity index (χ4v) is 2.97. The summed E-state index contributed by atoms with van der Waals surface area (Å²) in [5.74, 6) is -0.279. The standard InChI is InChI=1S/C22H23N3O2/c1-2-9-19(18-12-7-4-8-13-18)23-22(27)20-14-15-21(26)25(24-20)16-17-10-5-3-6-11-17/h3-8,10-15,19H,2,9,16H2,1H3,(H,23,27). The van der Waals surface area contributed by atoms with Crippen LogP contribution in [-0.4, -0.2) is 15.7 Å². The average molecular weight is 361 g/mol. The number of hydrogen-bond acceptors (Lipinski definition) is 3. The van der Waals surface area contributed by atoms with Gasteiger partial charge in [-0.3, -0.25) is 9.59 Å². The Bertz CT molecular complexity index is 937. The lowest BCUT2D eigenvalue weighted by atomic mass is 10.0. The molecule has 0 aliphatic carbocycles. The molecule has 0 aliphatic rings. The highest BCUT2D eigenvalue weighted by Crippen LogP contribution is 2.18. The van der Waals surface area contributed by atoms with Crippen LogP contribution in [0.4, 0.5) is 0 Å². The van der Waals surface area contributed by atoms with Gasteiger partial charge in [0.25, 0.3) is 11.5 Å². The van der Waals surface area contributed by atoms with Gasteiger partial charge < -0.3 is 5.32 Å². The van der Waals surface area contributed by atoms with Crippen LogP contribution in [0.2, 0.25) is 0 Å². The summed E-state index contributed by atoms with van der Waals surface area (Å²) in [6, 6.07) is 22.3. The van der Waals surface area contributed by atoms with Crippen molar-refractivity contribution >= 4 is 5.91 Å². The molecule has 0 radical (unpaired) electrons. The van der Waals surface area contributed by atoms with Crippen molar-refractivity contribution in [1.29, 1.82) is 0 Å². The predicted octanol–water partition coefficient (Wildman–Crippen LogP) is 3.56. The number of carbonyl (C=O) groups is 1. The van der Waals surface area contributed by atoms with Crippen LogP contribution in [0, 0.1) is 0 Å². The van der Waals surface area contributed by atoms with Crippen molar-refractivity contribution in [2.24, 2.45) is 0 Å². The van der Waals surface area contributed by atoms with Crippen molar-refractivity contribution in [1.82, 2.24) is 15.1 Å². The van der Waals surface area contributed by atoms with Crippen LogP contribution in [0.15, 0.2) is 77.6 Å². The smallest absolute Gasteiger partial charge is 0.272 e. The Labute approximate surface area is 158 Å². The summed E-state index contributed by atoms with van der Waals surface area (Å²) >= 11 is 0. The molecule has 0 bridgehead atoms. The molecule has 0 saturated heterocycles. The molecular weight excluding hydrogens is 338 g/mol. The Balaban J connectivity index is 1.79. The van der Waals surface area contributed by atoms with E-state index >= 15 is 0 Å². The zero-order valence-electron chi connectivity index (χ0n) is 15.3. The number of rotatable bonds is 7. The van der Waals surface area contributed by atoms with Crippen LogP contribution >= 0.6 is 0 Å². The second-order valence-corrected chi connectivity index (χ2v) is 6.43. The minimum Gasteiger partial charge on any atom is -0.344 e. The maximum absolute atomic E-state index is 12.7. The summed E-state index contributed by atoms with van der Waals surface area (Å²) in [7, 11) is 0. The lowest BCUT2D eigenvalue weighted by molar-refractivity contribution is 0.0927. The van der Waals surface area contributed by atoms with Crippen molar-refractivity contribution in [3.63, 3.8) is 0 Å². The van der Waals surface area contributed by atoms with Gasteiger partial charge in [0.2, 0.25) is 0 Å². The molecule has 5 heteroatoms. The monoisotopic (exact) mass is 361 g/mol. The summed E-state index contributed by atoms with van der Waals surface area (Å²) in [6.45, 7) is 2.41. The molecule has 2 aromatic carbocycles. The lowest BCUT2D eigenvalue weighted by Gasteiger charge is -2.18. The van der Waals surface area contributed by atoms with Crippen LogP contribution in [0.5, 0.6) is 0 Å². The van der Waals surface area contributed by atoms with E-state index in [0.717, 1.165) is 24.0 Å². The van der Waals surface area contributed by atoms with Crippen LogP contribution in [-0.2, 0) is 6.54 Å². The van der Waals surface area contributed by atoms with Crippen LogP contribution in [0.1, 0.15) is 47.4 Å².